The van der Waals surface area contributed by atoms with E-state index < -0.39 is 0 Å². The molecule has 1 aromatic heterocycles. The lowest BCUT2D eigenvalue weighted by atomic mass is 10.3. The highest BCUT2D eigenvalue weighted by Crippen LogP contribution is 2.24. The third kappa shape index (κ3) is 5.94. The van der Waals surface area contributed by atoms with Crippen LogP contribution in [-0.2, 0) is 4.74 Å². The highest BCUT2D eigenvalue weighted by molar-refractivity contribution is 14.0. The number of ether oxygens (including phenoxy) is 2. The Hall–Kier alpha value is -0.510. The normalized spacial score (nSPS) is 18.8. The molecular formula is C13H19Cl2IN4O2. The molecule has 22 heavy (non-hydrogen) atoms. The molecule has 0 aliphatic carbocycles. The summed E-state index contributed by atoms with van der Waals surface area (Å²) in [5, 5.41) is 0.845. The van der Waals surface area contributed by atoms with Crippen molar-refractivity contribution < 1.29 is 9.47 Å². The Labute approximate surface area is 157 Å². The van der Waals surface area contributed by atoms with Crippen molar-refractivity contribution in [3.63, 3.8) is 0 Å². The number of nitrogens with zero attached hydrogens (tertiary/aromatic N) is 3. The first-order chi connectivity index (χ1) is 10.1. The molecule has 1 aliphatic rings. The zero-order valence-electron chi connectivity index (χ0n) is 12.2. The molecule has 6 nitrogen and oxygen atoms in total. The number of rotatable bonds is 4. The van der Waals surface area contributed by atoms with Crippen molar-refractivity contribution in [2.45, 2.75) is 13.0 Å². The van der Waals surface area contributed by atoms with E-state index in [1.165, 1.54) is 6.20 Å². The molecule has 1 aliphatic heterocycles. The molecule has 0 amide bonds. The summed E-state index contributed by atoms with van der Waals surface area (Å²) in [5.74, 6) is 0.846. The predicted molar refractivity (Wildman–Crippen MR) is 98.6 cm³/mol. The van der Waals surface area contributed by atoms with E-state index in [0.29, 0.717) is 41.6 Å². The van der Waals surface area contributed by atoms with Crippen LogP contribution in [0, 0.1) is 0 Å². The zero-order valence-corrected chi connectivity index (χ0v) is 16.0. The predicted octanol–water partition coefficient (Wildman–Crippen LogP) is 2.42. The monoisotopic (exact) mass is 460 g/mol. The maximum absolute atomic E-state index is 5.95. The Morgan fingerprint density at radius 3 is 3.05 bits per heavy atom. The Morgan fingerprint density at radius 2 is 2.36 bits per heavy atom. The van der Waals surface area contributed by atoms with Gasteiger partial charge in [0.05, 0.1) is 24.3 Å². The summed E-state index contributed by atoms with van der Waals surface area (Å²) in [6.07, 6.45) is 1.65. The van der Waals surface area contributed by atoms with E-state index in [-0.39, 0.29) is 30.1 Å². The van der Waals surface area contributed by atoms with E-state index in [9.17, 15) is 0 Å². The Kier molecular flexibility index (Phi) is 8.52. The lowest BCUT2D eigenvalue weighted by Crippen LogP contribution is -2.48. The first-order valence-corrected chi connectivity index (χ1v) is 7.42. The molecule has 2 heterocycles. The van der Waals surface area contributed by atoms with Crippen LogP contribution in [0.3, 0.4) is 0 Å². The topological polar surface area (TPSA) is 73.0 Å². The minimum atomic E-state index is 0. The van der Waals surface area contributed by atoms with E-state index in [4.69, 9.17) is 38.4 Å². The van der Waals surface area contributed by atoms with Gasteiger partial charge in [0, 0.05) is 19.3 Å². The third-order valence-corrected chi connectivity index (χ3v) is 3.42. The standard InChI is InChI=1S/C13H18Cl2N4O2.HI/c1-9-8-19(3-5-20-9)13(16)17-2-4-21-12-11(15)6-10(14)7-18-12;/h6-7,9H,2-5,8H2,1H3,(H2,16,17);1H. The summed E-state index contributed by atoms with van der Waals surface area (Å²) < 4.78 is 10.9. The van der Waals surface area contributed by atoms with Crippen LogP contribution in [0.15, 0.2) is 17.3 Å². The summed E-state index contributed by atoms with van der Waals surface area (Å²) >= 11 is 11.7. The maximum Gasteiger partial charge on any atom is 0.232 e. The number of guanidine groups is 1. The average Bonchev–Trinajstić information content (AvgIpc) is 2.45. The van der Waals surface area contributed by atoms with E-state index in [0.717, 1.165) is 13.1 Å². The van der Waals surface area contributed by atoms with Gasteiger partial charge in [-0.15, -0.1) is 24.0 Å². The molecule has 0 bridgehead atoms. The van der Waals surface area contributed by atoms with Crippen molar-refractivity contribution in [1.29, 1.82) is 0 Å². The lowest BCUT2D eigenvalue weighted by Gasteiger charge is -2.31. The van der Waals surface area contributed by atoms with Gasteiger partial charge in [0.2, 0.25) is 5.88 Å². The van der Waals surface area contributed by atoms with E-state index >= 15 is 0 Å². The fraction of sp³-hybridized carbons (Fsp3) is 0.538. The number of hydrogen-bond acceptors (Lipinski definition) is 4. The summed E-state index contributed by atoms with van der Waals surface area (Å²) in [6, 6.07) is 1.58. The Balaban J connectivity index is 0.00000242. The van der Waals surface area contributed by atoms with Crippen molar-refractivity contribution >= 4 is 53.1 Å². The molecule has 124 valence electrons. The molecule has 1 unspecified atom stereocenters. The highest BCUT2D eigenvalue weighted by Gasteiger charge is 2.17. The number of nitrogens with two attached hydrogens (primary N) is 1. The molecule has 0 aromatic carbocycles. The third-order valence-electron chi connectivity index (χ3n) is 2.94. The Bertz CT molecular complexity index is 519. The summed E-state index contributed by atoms with van der Waals surface area (Å²) in [7, 11) is 0. The van der Waals surface area contributed by atoms with Crippen LogP contribution in [0.5, 0.6) is 5.88 Å². The molecule has 0 saturated carbocycles. The summed E-state index contributed by atoms with van der Waals surface area (Å²) in [6.45, 7) is 4.95. The van der Waals surface area contributed by atoms with Gasteiger partial charge in [0.15, 0.2) is 5.96 Å². The van der Waals surface area contributed by atoms with Gasteiger partial charge in [-0.3, -0.25) is 0 Å². The van der Waals surface area contributed by atoms with Crippen molar-refractivity contribution in [2.75, 3.05) is 32.8 Å². The van der Waals surface area contributed by atoms with Crippen LogP contribution in [0.1, 0.15) is 6.92 Å². The van der Waals surface area contributed by atoms with Gasteiger partial charge in [-0.2, -0.15) is 0 Å². The lowest BCUT2D eigenvalue weighted by molar-refractivity contribution is 0.00528. The van der Waals surface area contributed by atoms with Crippen LogP contribution in [0.4, 0.5) is 0 Å². The first kappa shape index (κ1) is 19.5. The molecule has 1 fully saturated rings. The molecule has 2 rings (SSSR count). The molecule has 1 aromatic rings. The molecule has 0 spiro atoms. The number of hydrogen-bond donors (Lipinski definition) is 1. The number of aliphatic imine (C=N–C) groups is 1. The van der Waals surface area contributed by atoms with E-state index in [1.807, 2.05) is 11.8 Å². The molecule has 1 atom stereocenters. The van der Waals surface area contributed by atoms with Crippen molar-refractivity contribution in [3.8, 4) is 5.88 Å². The van der Waals surface area contributed by atoms with Crippen LogP contribution in [0.25, 0.3) is 0 Å². The van der Waals surface area contributed by atoms with Gasteiger partial charge in [0.25, 0.3) is 0 Å². The molecule has 2 N–H and O–H groups in total. The highest BCUT2D eigenvalue weighted by atomic mass is 127. The second-order valence-electron chi connectivity index (χ2n) is 4.66. The summed E-state index contributed by atoms with van der Waals surface area (Å²) in [5.41, 5.74) is 5.95. The smallest absolute Gasteiger partial charge is 0.232 e. The minimum absolute atomic E-state index is 0. The second-order valence-corrected chi connectivity index (χ2v) is 5.50. The minimum Gasteiger partial charge on any atom is -0.475 e. The van der Waals surface area contributed by atoms with Gasteiger partial charge < -0.3 is 20.1 Å². The largest absolute Gasteiger partial charge is 0.475 e. The number of pyridine rings is 1. The molecule has 1 saturated heterocycles. The zero-order chi connectivity index (χ0) is 15.2. The van der Waals surface area contributed by atoms with Crippen molar-refractivity contribution in [3.05, 3.63) is 22.3 Å². The molecule has 9 heteroatoms. The maximum atomic E-state index is 5.95. The quantitative estimate of drug-likeness (QED) is 0.323. The SMILES string of the molecule is CC1CN(C(N)=NCCOc2ncc(Cl)cc2Cl)CCO1.I. The van der Waals surface area contributed by atoms with Gasteiger partial charge in [-0.1, -0.05) is 23.2 Å². The van der Waals surface area contributed by atoms with Gasteiger partial charge in [-0.05, 0) is 13.0 Å². The number of aromatic nitrogens is 1. The van der Waals surface area contributed by atoms with Crippen LogP contribution < -0.4 is 10.5 Å². The molecular weight excluding hydrogens is 442 g/mol. The summed E-state index contributed by atoms with van der Waals surface area (Å²) in [4.78, 5) is 10.3. The fourth-order valence-corrected chi connectivity index (χ4v) is 2.37. The van der Waals surface area contributed by atoms with Gasteiger partial charge in [0.1, 0.15) is 11.6 Å². The van der Waals surface area contributed by atoms with Crippen LogP contribution in [-0.4, -0.2) is 54.8 Å². The van der Waals surface area contributed by atoms with Gasteiger partial charge in [-0.25, -0.2) is 9.98 Å². The van der Waals surface area contributed by atoms with Gasteiger partial charge >= 0.3 is 0 Å². The first-order valence-electron chi connectivity index (χ1n) is 6.66. The fourth-order valence-electron chi connectivity index (χ4n) is 1.94. The Morgan fingerprint density at radius 1 is 1.59 bits per heavy atom. The van der Waals surface area contributed by atoms with E-state index in [1.54, 1.807) is 6.07 Å². The van der Waals surface area contributed by atoms with E-state index in [2.05, 4.69) is 9.98 Å². The molecule has 0 radical (unpaired) electrons. The van der Waals surface area contributed by atoms with Crippen molar-refractivity contribution in [1.82, 2.24) is 9.88 Å². The van der Waals surface area contributed by atoms with Crippen LogP contribution in [0.2, 0.25) is 10.0 Å². The average molecular weight is 461 g/mol. The second kappa shape index (κ2) is 9.59. The van der Waals surface area contributed by atoms with Crippen LogP contribution >= 0.6 is 47.2 Å². The number of halogens is 3. The van der Waals surface area contributed by atoms with Crippen molar-refractivity contribution in [2.24, 2.45) is 10.7 Å². The number of morpholine rings is 1.